The molecule has 0 aliphatic rings. The zero-order chi connectivity index (χ0) is 21.8. The van der Waals surface area contributed by atoms with Crippen LogP contribution in [0.1, 0.15) is 15.9 Å². The van der Waals surface area contributed by atoms with Gasteiger partial charge >= 0.3 is 0 Å². The molecule has 0 fully saturated rings. The molecule has 1 aromatic carbocycles. The molecule has 8 nitrogen and oxygen atoms in total. The molecule has 1 N–H and O–H groups in total. The summed E-state index contributed by atoms with van der Waals surface area (Å²) < 4.78 is 1.21. The standard InChI is InChI=1S/C22H19N5O3S/c1-26(12-15-4-6-18-16(11-15)3-2-8-23-18)21(30)17-5-7-20(29)27(13-17)14-19(28)25-22-24-9-10-31-22/h2-11,13H,12,14H2,1H3,(H,24,25,28). The van der Waals surface area contributed by atoms with E-state index >= 15 is 0 Å². The lowest BCUT2D eigenvalue weighted by Crippen LogP contribution is -2.30. The van der Waals surface area contributed by atoms with E-state index in [1.165, 1.54) is 34.2 Å². The summed E-state index contributed by atoms with van der Waals surface area (Å²) in [7, 11) is 1.69. The molecule has 0 saturated carbocycles. The Kier molecular flexibility index (Phi) is 5.85. The monoisotopic (exact) mass is 433 g/mol. The van der Waals surface area contributed by atoms with Crippen LogP contribution in [0.15, 0.2) is 71.2 Å². The van der Waals surface area contributed by atoms with Crippen LogP contribution in [0.3, 0.4) is 0 Å². The first-order valence-corrected chi connectivity index (χ1v) is 10.4. The van der Waals surface area contributed by atoms with Crippen LogP contribution in [0.4, 0.5) is 5.13 Å². The summed E-state index contributed by atoms with van der Waals surface area (Å²) in [5.74, 6) is -0.639. The Bertz CT molecular complexity index is 1300. The predicted octanol–water partition coefficient (Wildman–Crippen LogP) is 2.76. The highest BCUT2D eigenvalue weighted by Gasteiger charge is 2.15. The van der Waals surface area contributed by atoms with Gasteiger partial charge in [-0.2, -0.15) is 0 Å². The number of aromatic nitrogens is 3. The molecule has 0 spiro atoms. The molecule has 0 saturated heterocycles. The highest BCUT2D eigenvalue weighted by Crippen LogP contribution is 2.15. The second-order valence-corrected chi connectivity index (χ2v) is 7.86. The van der Waals surface area contributed by atoms with Gasteiger partial charge < -0.3 is 14.8 Å². The summed E-state index contributed by atoms with van der Waals surface area (Å²) in [6, 6.07) is 12.5. The molecule has 3 aromatic heterocycles. The van der Waals surface area contributed by atoms with Gasteiger partial charge in [-0.1, -0.05) is 12.1 Å². The van der Waals surface area contributed by atoms with Gasteiger partial charge in [0.15, 0.2) is 5.13 Å². The number of amides is 2. The lowest BCUT2D eigenvalue weighted by molar-refractivity contribution is -0.116. The number of benzene rings is 1. The number of carbonyl (C=O) groups excluding carboxylic acids is 2. The highest BCUT2D eigenvalue weighted by molar-refractivity contribution is 7.13. The number of pyridine rings is 2. The molecule has 0 unspecified atom stereocenters. The quantitative estimate of drug-likeness (QED) is 0.504. The molecule has 9 heteroatoms. The van der Waals surface area contributed by atoms with E-state index < -0.39 is 0 Å². The normalized spacial score (nSPS) is 10.7. The third kappa shape index (κ3) is 4.84. The number of anilines is 1. The lowest BCUT2D eigenvalue weighted by Gasteiger charge is -2.18. The summed E-state index contributed by atoms with van der Waals surface area (Å²) >= 11 is 1.28. The topological polar surface area (TPSA) is 97.2 Å². The van der Waals surface area contributed by atoms with Crippen molar-refractivity contribution < 1.29 is 9.59 Å². The van der Waals surface area contributed by atoms with E-state index in [9.17, 15) is 14.4 Å². The molecule has 4 rings (SSSR count). The molecule has 0 bridgehead atoms. The number of hydrogen-bond acceptors (Lipinski definition) is 6. The number of nitrogens with zero attached hydrogens (tertiary/aromatic N) is 4. The van der Waals surface area contributed by atoms with Crippen LogP contribution in [0.5, 0.6) is 0 Å². The Morgan fingerprint density at radius 2 is 2.00 bits per heavy atom. The highest BCUT2D eigenvalue weighted by atomic mass is 32.1. The number of fused-ring (bicyclic) bond motifs is 1. The molecule has 0 radical (unpaired) electrons. The van der Waals surface area contributed by atoms with Crippen molar-refractivity contribution in [2.45, 2.75) is 13.1 Å². The van der Waals surface area contributed by atoms with E-state index in [0.717, 1.165) is 16.5 Å². The second-order valence-electron chi connectivity index (χ2n) is 6.96. The van der Waals surface area contributed by atoms with Gasteiger partial charge in [0.05, 0.1) is 11.1 Å². The Hall–Kier alpha value is -3.85. The molecular formula is C22H19N5O3S. The first-order valence-electron chi connectivity index (χ1n) is 9.48. The zero-order valence-corrected chi connectivity index (χ0v) is 17.5. The summed E-state index contributed by atoms with van der Waals surface area (Å²) in [4.78, 5) is 47.1. The molecule has 0 aliphatic heterocycles. The fourth-order valence-corrected chi connectivity index (χ4v) is 3.71. The lowest BCUT2D eigenvalue weighted by atomic mass is 10.1. The SMILES string of the molecule is CN(Cc1ccc2ncccc2c1)C(=O)c1ccc(=O)n(CC(=O)Nc2nccs2)c1. The summed E-state index contributed by atoms with van der Waals surface area (Å²) in [5, 5.41) is 5.82. The van der Waals surface area contributed by atoms with Gasteiger partial charge in [-0.25, -0.2) is 4.98 Å². The van der Waals surface area contributed by atoms with Gasteiger partial charge in [-0.15, -0.1) is 11.3 Å². The molecule has 0 aliphatic carbocycles. The zero-order valence-electron chi connectivity index (χ0n) is 16.7. The smallest absolute Gasteiger partial charge is 0.255 e. The molecule has 0 atom stereocenters. The van der Waals surface area contributed by atoms with Gasteiger partial charge in [0.25, 0.3) is 11.5 Å². The third-order valence-electron chi connectivity index (χ3n) is 4.66. The van der Waals surface area contributed by atoms with Gasteiger partial charge in [0.1, 0.15) is 6.54 Å². The van der Waals surface area contributed by atoms with Gasteiger partial charge in [0.2, 0.25) is 5.91 Å². The fourth-order valence-electron chi connectivity index (χ4n) is 3.17. The molecule has 4 aromatic rings. The van der Waals surface area contributed by atoms with Gasteiger partial charge in [-0.3, -0.25) is 19.4 Å². The fraction of sp³-hybridized carbons (Fsp3) is 0.136. The van der Waals surface area contributed by atoms with Crippen LogP contribution in [0, 0.1) is 0 Å². The van der Waals surface area contributed by atoms with Crippen LogP contribution in [0.25, 0.3) is 10.9 Å². The van der Waals surface area contributed by atoms with Crippen LogP contribution in [0.2, 0.25) is 0 Å². The first kappa shape index (κ1) is 20.4. The average Bonchev–Trinajstić information content (AvgIpc) is 3.27. The maximum Gasteiger partial charge on any atom is 0.255 e. The summed E-state index contributed by atoms with van der Waals surface area (Å²) in [5.41, 5.74) is 1.82. The number of nitrogens with one attached hydrogen (secondary N) is 1. The second kappa shape index (κ2) is 8.88. The Balaban J connectivity index is 1.47. The van der Waals surface area contributed by atoms with Crippen molar-refractivity contribution in [3.05, 3.63) is 87.9 Å². The number of hydrogen-bond donors (Lipinski definition) is 1. The van der Waals surface area contributed by atoms with Gasteiger partial charge in [0, 0.05) is 49.0 Å². The van der Waals surface area contributed by atoms with E-state index in [0.29, 0.717) is 17.2 Å². The number of carbonyl (C=O) groups is 2. The molecular weight excluding hydrogens is 414 g/mol. The number of rotatable bonds is 6. The van der Waals surface area contributed by atoms with Crippen molar-refractivity contribution in [2.75, 3.05) is 12.4 Å². The van der Waals surface area contributed by atoms with E-state index in [1.807, 2.05) is 30.3 Å². The van der Waals surface area contributed by atoms with Crippen LogP contribution < -0.4 is 10.9 Å². The average molecular weight is 433 g/mol. The van der Waals surface area contributed by atoms with Crippen molar-refractivity contribution in [1.82, 2.24) is 19.4 Å². The van der Waals surface area contributed by atoms with Crippen LogP contribution in [-0.4, -0.2) is 38.3 Å². The van der Waals surface area contributed by atoms with Crippen LogP contribution in [-0.2, 0) is 17.9 Å². The largest absolute Gasteiger partial charge is 0.337 e. The molecule has 31 heavy (non-hydrogen) atoms. The predicted molar refractivity (Wildman–Crippen MR) is 119 cm³/mol. The van der Waals surface area contributed by atoms with E-state index in [1.54, 1.807) is 29.7 Å². The Labute approximate surface area is 181 Å². The Morgan fingerprint density at radius 3 is 2.81 bits per heavy atom. The van der Waals surface area contributed by atoms with Crippen LogP contribution >= 0.6 is 11.3 Å². The molecule has 3 heterocycles. The molecule has 2 amide bonds. The van der Waals surface area contributed by atoms with Gasteiger partial charge in [-0.05, 0) is 29.8 Å². The minimum absolute atomic E-state index is 0.207. The minimum atomic E-state index is -0.389. The number of thiazole rings is 1. The van der Waals surface area contributed by atoms with E-state index in [-0.39, 0.29) is 23.9 Å². The van der Waals surface area contributed by atoms with Crippen molar-refractivity contribution >= 4 is 39.2 Å². The molecule has 156 valence electrons. The maximum absolute atomic E-state index is 12.9. The van der Waals surface area contributed by atoms with Crippen molar-refractivity contribution in [3.63, 3.8) is 0 Å². The third-order valence-corrected chi connectivity index (χ3v) is 5.35. The van der Waals surface area contributed by atoms with Crippen molar-refractivity contribution in [2.24, 2.45) is 0 Å². The summed E-state index contributed by atoms with van der Waals surface area (Å²) in [6.07, 6.45) is 4.73. The Morgan fingerprint density at radius 1 is 1.13 bits per heavy atom. The first-order chi connectivity index (χ1) is 15.0. The van der Waals surface area contributed by atoms with Crippen molar-refractivity contribution in [1.29, 1.82) is 0 Å². The minimum Gasteiger partial charge on any atom is -0.337 e. The van der Waals surface area contributed by atoms with Crippen molar-refractivity contribution in [3.8, 4) is 0 Å². The van der Waals surface area contributed by atoms with E-state index in [4.69, 9.17) is 0 Å². The maximum atomic E-state index is 12.9. The van der Waals surface area contributed by atoms with E-state index in [2.05, 4.69) is 15.3 Å². The summed E-state index contributed by atoms with van der Waals surface area (Å²) in [6.45, 7) is 0.189.